The van der Waals surface area contributed by atoms with Gasteiger partial charge in [-0.2, -0.15) is 5.43 Å². The molecular formula is C8H7Cl2N3O2. The third-order valence-electron chi connectivity index (χ3n) is 1.53. The molecule has 1 aromatic carbocycles. The zero-order valence-corrected chi connectivity index (χ0v) is 9.21. The van der Waals surface area contributed by atoms with Gasteiger partial charge in [0, 0.05) is 11.9 Å². The lowest BCUT2D eigenvalue weighted by Crippen LogP contribution is -2.08. The Labute approximate surface area is 95.8 Å². The van der Waals surface area contributed by atoms with Crippen molar-refractivity contribution < 1.29 is 4.92 Å². The van der Waals surface area contributed by atoms with Gasteiger partial charge in [-0.05, 0) is 23.1 Å². The van der Waals surface area contributed by atoms with Crippen LogP contribution in [0.2, 0.25) is 10.0 Å². The van der Waals surface area contributed by atoms with E-state index in [0.29, 0.717) is 15.7 Å². The van der Waals surface area contributed by atoms with Crippen LogP contribution in [0, 0.1) is 10.1 Å². The van der Waals surface area contributed by atoms with Crippen molar-refractivity contribution in [3.8, 4) is 0 Å². The van der Waals surface area contributed by atoms with E-state index in [-0.39, 0.29) is 5.84 Å². The molecular weight excluding hydrogens is 241 g/mol. The molecule has 0 fully saturated rings. The van der Waals surface area contributed by atoms with Crippen molar-refractivity contribution in [1.82, 2.24) is 0 Å². The predicted octanol–water partition coefficient (Wildman–Crippen LogP) is 3.02. The molecule has 5 nitrogen and oxygen atoms in total. The van der Waals surface area contributed by atoms with E-state index in [0.717, 1.165) is 0 Å². The van der Waals surface area contributed by atoms with Gasteiger partial charge in [-0.1, -0.05) is 23.2 Å². The number of nitrogens with one attached hydrogen (secondary N) is 1. The number of halogens is 2. The topological polar surface area (TPSA) is 67.5 Å². The monoisotopic (exact) mass is 247 g/mol. The molecule has 0 bridgehead atoms. The van der Waals surface area contributed by atoms with Crippen LogP contribution >= 0.6 is 23.2 Å². The van der Waals surface area contributed by atoms with Gasteiger partial charge in [-0.25, -0.2) is 0 Å². The minimum Gasteiger partial charge on any atom is -0.358 e. The van der Waals surface area contributed by atoms with E-state index in [2.05, 4.69) is 10.5 Å². The van der Waals surface area contributed by atoms with E-state index in [4.69, 9.17) is 23.2 Å². The first-order chi connectivity index (χ1) is 7.00. The zero-order chi connectivity index (χ0) is 11.4. The molecule has 0 aliphatic carbocycles. The van der Waals surface area contributed by atoms with Crippen LogP contribution in [0.1, 0.15) is 6.92 Å². The number of hydrogen-bond donors (Lipinski definition) is 1. The molecule has 7 heteroatoms. The number of rotatable bonds is 2. The lowest BCUT2D eigenvalue weighted by molar-refractivity contribution is -0.351. The second kappa shape index (κ2) is 4.95. The molecule has 0 amide bonds. The molecule has 0 unspecified atom stereocenters. The maximum Gasteiger partial charge on any atom is 0.360 e. The molecule has 0 atom stereocenters. The first-order valence-corrected chi connectivity index (χ1v) is 4.66. The molecule has 0 aliphatic heterocycles. The predicted molar refractivity (Wildman–Crippen MR) is 60.2 cm³/mol. The highest BCUT2D eigenvalue weighted by molar-refractivity contribution is 6.36. The largest absolute Gasteiger partial charge is 0.360 e. The molecule has 0 heterocycles. The van der Waals surface area contributed by atoms with Gasteiger partial charge in [-0.15, -0.1) is 0 Å². The van der Waals surface area contributed by atoms with Gasteiger partial charge < -0.3 is 10.1 Å². The summed E-state index contributed by atoms with van der Waals surface area (Å²) in [5.74, 6) is -0.249. The SMILES string of the molecule is CC(=NNc1ccc(Cl)cc1Cl)[N+](=O)[O-]. The fourth-order valence-electron chi connectivity index (χ4n) is 0.762. The number of hydrogen-bond acceptors (Lipinski definition) is 4. The number of benzene rings is 1. The summed E-state index contributed by atoms with van der Waals surface area (Å²) in [6.07, 6.45) is 0. The van der Waals surface area contributed by atoms with Crippen molar-refractivity contribution in [2.24, 2.45) is 5.10 Å². The van der Waals surface area contributed by atoms with Crippen LogP contribution in [0.4, 0.5) is 5.69 Å². The Morgan fingerprint density at radius 3 is 2.73 bits per heavy atom. The Morgan fingerprint density at radius 1 is 1.53 bits per heavy atom. The Hall–Kier alpha value is -1.33. The van der Waals surface area contributed by atoms with Crippen molar-refractivity contribution in [2.45, 2.75) is 6.92 Å². The summed E-state index contributed by atoms with van der Waals surface area (Å²) in [4.78, 5) is 9.64. The second-order valence-corrected chi connectivity index (χ2v) is 3.50. The average Bonchev–Trinajstić information content (AvgIpc) is 2.15. The van der Waals surface area contributed by atoms with Crippen molar-refractivity contribution in [3.63, 3.8) is 0 Å². The highest BCUT2D eigenvalue weighted by atomic mass is 35.5. The average molecular weight is 248 g/mol. The minimum absolute atomic E-state index is 0.249. The Morgan fingerprint density at radius 2 is 2.20 bits per heavy atom. The van der Waals surface area contributed by atoms with Crippen LogP contribution in [0.15, 0.2) is 23.3 Å². The summed E-state index contributed by atoms with van der Waals surface area (Å²) < 4.78 is 0. The molecule has 1 rings (SSSR count). The van der Waals surface area contributed by atoms with Crippen LogP contribution in [-0.2, 0) is 0 Å². The lowest BCUT2D eigenvalue weighted by atomic mass is 10.3. The van der Waals surface area contributed by atoms with Crippen LogP contribution < -0.4 is 5.43 Å². The fourth-order valence-corrected chi connectivity index (χ4v) is 1.21. The Kier molecular flexibility index (Phi) is 3.88. The highest BCUT2D eigenvalue weighted by Gasteiger charge is 2.06. The maximum absolute atomic E-state index is 10.2. The summed E-state index contributed by atoms with van der Waals surface area (Å²) in [7, 11) is 0. The van der Waals surface area contributed by atoms with Gasteiger partial charge in [0.25, 0.3) is 0 Å². The van der Waals surface area contributed by atoms with Gasteiger partial charge >= 0.3 is 5.84 Å². The molecule has 80 valence electrons. The number of nitro groups is 1. The van der Waals surface area contributed by atoms with Crippen LogP contribution in [0.3, 0.4) is 0 Å². The number of anilines is 1. The standard InChI is InChI=1S/C8H7Cl2N3O2/c1-5(13(14)15)11-12-8-3-2-6(9)4-7(8)10/h2-4,12H,1H3. The second-order valence-electron chi connectivity index (χ2n) is 2.65. The normalized spacial score (nSPS) is 11.3. The van der Waals surface area contributed by atoms with E-state index in [1.165, 1.54) is 13.0 Å². The fraction of sp³-hybridized carbons (Fsp3) is 0.125. The Bertz CT molecular complexity index is 420. The van der Waals surface area contributed by atoms with Gasteiger partial charge in [-0.3, -0.25) is 0 Å². The number of amidine groups is 1. The molecule has 1 N–H and O–H groups in total. The number of hydrazone groups is 1. The summed E-state index contributed by atoms with van der Waals surface area (Å²) >= 11 is 11.5. The van der Waals surface area contributed by atoms with Crippen LogP contribution in [0.25, 0.3) is 0 Å². The zero-order valence-electron chi connectivity index (χ0n) is 7.70. The van der Waals surface area contributed by atoms with Gasteiger partial charge in [0.15, 0.2) is 0 Å². The Balaban J connectivity index is 2.82. The van der Waals surface area contributed by atoms with Gasteiger partial charge in [0.1, 0.15) is 0 Å². The molecule has 0 radical (unpaired) electrons. The summed E-state index contributed by atoms with van der Waals surface area (Å²) in [6, 6.07) is 4.70. The first-order valence-electron chi connectivity index (χ1n) is 3.90. The smallest absolute Gasteiger partial charge is 0.358 e. The van der Waals surface area contributed by atoms with Crippen molar-refractivity contribution in [2.75, 3.05) is 5.43 Å². The molecule has 0 spiro atoms. The van der Waals surface area contributed by atoms with E-state index in [1.54, 1.807) is 12.1 Å². The summed E-state index contributed by atoms with van der Waals surface area (Å²) in [5.41, 5.74) is 2.94. The van der Waals surface area contributed by atoms with Crippen LogP contribution in [0.5, 0.6) is 0 Å². The molecule has 0 saturated heterocycles. The highest BCUT2D eigenvalue weighted by Crippen LogP contribution is 2.25. The van der Waals surface area contributed by atoms with E-state index in [9.17, 15) is 10.1 Å². The van der Waals surface area contributed by atoms with Crippen molar-refractivity contribution >= 4 is 34.7 Å². The molecule has 1 aromatic rings. The molecule has 0 saturated carbocycles. The van der Waals surface area contributed by atoms with E-state index >= 15 is 0 Å². The number of nitrogens with zero attached hydrogens (tertiary/aromatic N) is 2. The molecule has 0 aliphatic rings. The van der Waals surface area contributed by atoms with E-state index < -0.39 is 4.92 Å². The minimum atomic E-state index is -0.600. The van der Waals surface area contributed by atoms with E-state index in [1.807, 2.05) is 0 Å². The third kappa shape index (κ3) is 3.38. The van der Waals surface area contributed by atoms with Crippen molar-refractivity contribution in [1.29, 1.82) is 0 Å². The molecule has 0 aromatic heterocycles. The lowest BCUT2D eigenvalue weighted by Gasteiger charge is -1.99. The molecule has 15 heavy (non-hydrogen) atoms. The van der Waals surface area contributed by atoms with Crippen molar-refractivity contribution in [3.05, 3.63) is 38.4 Å². The first kappa shape index (κ1) is 11.7. The third-order valence-corrected chi connectivity index (χ3v) is 2.08. The van der Waals surface area contributed by atoms with Gasteiger partial charge in [0.2, 0.25) is 0 Å². The summed E-state index contributed by atoms with van der Waals surface area (Å²) in [5, 5.41) is 14.6. The maximum atomic E-state index is 10.2. The van der Waals surface area contributed by atoms with Crippen LogP contribution in [-0.4, -0.2) is 10.8 Å². The quantitative estimate of drug-likeness (QED) is 0.378. The van der Waals surface area contributed by atoms with Gasteiger partial charge in [0.05, 0.1) is 15.8 Å². The summed E-state index contributed by atoms with van der Waals surface area (Å²) in [6.45, 7) is 1.27.